The number of carbonyl (C=O) groups excluding carboxylic acids is 1. The molecule has 0 atom stereocenters. The predicted molar refractivity (Wildman–Crippen MR) is 90.0 cm³/mol. The molecule has 0 saturated carbocycles. The average Bonchev–Trinajstić information content (AvgIpc) is 2.45. The summed E-state index contributed by atoms with van der Waals surface area (Å²) in [5, 5.41) is 6.77. The molecule has 1 rings (SSSR count). The minimum absolute atomic E-state index is 0.0159. The molecule has 0 heterocycles. The molecule has 0 aliphatic carbocycles. The maximum absolute atomic E-state index is 11.7. The van der Waals surface area contributed by atoms with E-state index < -0.39 is 0 Å². The van der Waals surface area contributed by atoms with E-state index in [2.05, 4.69) is 30.5 Å². The van der Waals surface area contributed by atoms with Crippen molar-refractivity contribution in [3.63, 3.8) is 0 Å². The molecule has 1 aromatic rings. The topological polar surface area (TPSA) is 44.4 Å². The van der Waals surface area contributed by atoms with Gasteiger partial charge in [0.05, 0.1) is 17.3 Å². The zero-order valence-corrected chi connectivity index (χ0v) is 14.1. The molecule has 0 unspecified atom stereocenters. The molecular formula is C16H26ClN3O. The molecule has 0 saturated heterocycles. The Morgan fingerprint density at radius 1 is 1.38 bits per heavy atom. The lowest BCUT2D eigenvalue weighted by molar-refractivity contribution is -0.119. The van der Waals surface area contributed by atoms with Gasteiger partial charge in [-0.3, -0.25) is 4.79 Å². The van der Waals surface area contributed by atoms with Crippen LogP contribution in [0, 0.1) is 5.92 Å². The first-order chi connectivity index (χ1) is 9.99. The number of halogens is 1. The average molecular weight is 312 g/mol. The van der Waals surface area contributed by atoms with Crippen LogP contribution in [-0.2, 0) is 11.3 Å². The number of hydrogen-bond donors (Lipinski definition) is 2. The molecule has 0 radical (unpaired) electrons. The molecule has 21 heavy (non-hydrogen) atoms. The molecule has 0 aliphatic heterocycles. The second-order valence-corrected chi connectivity index (χ2v) is 5.87. The Morgan fingerprint density at radius 2 is 2.10 bits per heavy atom. The molecule has 0 bridgehead atoms. The number of anilines is 1. The molecule has 2 N–H and O–H groups in total. The molecule has 0 fully saturated rings. The van der Waals surface area contributed by atoms with Gasteiger partial charge in [0, 0.05) is 20.1 Å². The summed E-state index contributed by atoms with van der Waals surface area (Å²) in [6.07, 6.45) is 0. The fourth-order valence-corrected chi connectivity index (χ4v) is 2.47. The normalized spacial score (nSPS) is 10.8. The lowest BCUT2D eigenvalue weighted by Gasteiger charge is -2.26. The van der Waals surface area contributed by atoms with Crippen molar-refractivity contribution in [1.29, 1.82) is 0 Å². The summed E-state index contributed by atoms with van der Waals surface area (Å²) < 4.78 is 0. The molecule has 1 aromatic carbocycles. The third-order valence-electron chi connectivity index (χ3n) is 3.25. The van der Waals surface area contributed by atoms with Crippen LogP contribution in [0.5, 0.6) is 0 Å². The minimum atomic E-state index is -0.0159. The number of nitrogens with zero attached hydrogens (tertiary/aromatic N) is 1. The highest BCUT2D eigenvalue weighted by Gasteiger charge is 2.16. The second kappa shape index (κ2) is 8.90. The Morgan fingerprint density at radius 3 is 2.67 bits per heavy atom. The Hall–Kier alpha value is -1.26. The number of carbonyl (C=O) groups is 1. The van der Waals surface area contributed by atoms with Gasteiger partial charge in [-0.2, -0.15) is 0 Å². The fourth-order valence-electron chi connectivity index (χ4n) is 2.15. The van der Waals surface area contributed by atoms with Crippen molar-refractivity contribution in [2.75, 3.05) is 31.6 Å². The van der Waals surface area contributed by atoms with Crippen LogP contribution in [0.3, 0.4) is 0 Å². The predicted octanol–water partition coefficient (Wildman–Crippen LogP) is 2.66. The highest BCUT2D eigenvalue weighted by Crippen LogP contribution is 2.29. The van der Waals surface area contributed by atoms with Crippen LogP contribution in [0.4, 0.5) is 5.69 Å². The molecule has 1 amide bonds. The Labute approximate surface area is 132 Å². The van der Waals surface area contributed by atoms with Crippen molar-refractivity contribution in [3.8, 4) is 0 Å². The number of hydrogen-bond acceptors (Lipinski definition) is 3. The first-order valence-corrected chi connectivity index (χ1v) is 7.81. The van der Waals surface area contributed by atoms with Gasteiger partial charge < -0.3 is 15.5 Å². The monoisotopic (exact) mass is 311 g/mol. The van der Waals surface area contributed by atoms with E-state index in [4.69, 9.17) is 11.6 Å². The van der Waals surface area contributed by atoms with Crippen molar-refractivity contribution in [2.45, 2.75) is 27.3 Å². The summed E-state index contributed by atoms with van der Waals surface area (Å²) in [4.78, 5) is 13.7. The van der Waals surface area contributed by atoms with Crippen LogP contribution in [-0.4, -0.2) is 32.6 Å². The lowest BCUT2D eigenvalue weighted by Crippen LogP contribution is -2.36. The van der Waals surface area contributed by atoms with Gasteiger partial charge in [-0.25, -0.2) is 0 Å². The van der Waals surface area contributed by atoms with Gasteiger partial charge in [0.15, 0.2) is 0 Å². The van der Waals surface area contributed by atoms with Gasteiger partial charge in [0.1, 0.15) is 0 Å². The summed E-state index contributed by atoms with van der Waals surface area (Å²) in [6.45, 7) is 9.12. The molecule has 5 heteroatoms. The molecule has 118 valence electrons. The van der Waals surface area contributed by atoms with Crippen LogP contribution in [0.2, 0.25) is 5.02 Å². The SMILES string of the molecule is CCN(CC(=O)NC)c1c(Cl)cccc1CNCC(C)C. The number of para-hydroxylation sites is 1. The van der Waals surface area contributed by atoms with Gasteiger partial charge in [0.25, 0.3) is 0 Å². The van der Waals surface area contributed by atoms with E-state index in [1.165, 1.54) is 0 Å². The van der Waals surface area contributed by atoms with E-state index in [0.717, 1.165) is 30.9 Å². The van der Waals surface area contributed by atoms with Gasteiger partial charge in [-0.1, -0.05) is 37.6 Å². The third kappa shape index (κ3) is 5.56. The van der Waals surface area contributed by atoms with Crippen LogP contribution >= 0.6 is 11.6 Å². The van der Waals surface area contributed by atoms with Crippen molar-refractivity contribution in [3.05, 3.63) is 28.8 Å². The lowest BCUT2D eigenvalue weighted by atomic mass is 10.1. The second-order valence-electron chi connectivity index (χ2n) is 5.46. The minimum Gasteiger partial charge on any atom is -0.361 e. The van der Waals surface area contributed by atoms with Gasteiger partial charge >= 0.3 is 0 Å². The fraction of sp³-hybridized carbons (Fsp3) is 0.562. The van der Waals surface area contributed by atoms with Gasteiger partial charge in [-0.05, 0) is 31.0 Å². The van der Waals surface area contributed by atoms with Crippen molar-refractivity contribution >= 4 is 23.2 Å². The summed E-state index contributed by atoms with van der Waals surface area (Å²) >= 11 is 6.37. The van der Waals surface area contributed by atoms with Crippen LogP contribution in [0.1, 0.15) is 26.3 Å². The Balaban J connectivity index is 2.93. The first kappa shape index (κ1) is 17.8. The van der Waals surface area contributed by atoms with E-state index in [1.54, 1.807) is 7.05 Å². The third-order valence-corrected chi connectivity index (χ3v) is 3.55. The number of amides is 1. The van der Waals surface area contributed by atoms with Gasteiger partial charge in [-0.15, -0.1) is 0 Å². The molecule has 4 nitrogen and oxygen atoms in total. The largest absolute Gasteiger partial charge is 0.361 e. The maximum Gasteiger partial charge on any atom is 0.239 e. The summed E-state index contributed by atoms with van der Waals surface area (Å²) in [5.74, 6) is 0.582. The molecular weight excluding hydrogens is 286 g/mol. The number of benzene rings is 1. The smallest absolute Gasteiger partial charge is 0.239 e. The van der Waals surface area contributed by atoms with Gasteiger partial charge in [0.2, 0.25) is 5.91 Å². The number of rotatable bonds is 8. The first-order valence-electron chi connectivity index (χ1n) is 7.43. The highest BCUT2D eigenvalue weighted by atomic mass is 35.5. The number of likely N-dealkylation sites (N-methyl/N-ethyl adjacent to an activating group) is 2. The molecule has 0 aliphatic rings. The standard InChI is InChI=1S/C16H26ClN3O/c1-5-20(11-15(21)18-4)16-13(7-6-8-14(16)17)10-19-9-12(2)3/h6-8,12,19H,5,9-11H2,1-4H3,(H,18,21). The summed E-state index contributed by atoms with van der Waals surface area (Å²) in [5.41, 5.74) is 2.07. The molecule has 0 spiro atoms. The van der Waals surface area contributed by atoms with Crippen LogP contribution < -0.4 is 15.5 Å². The van der Waals surface area contributed by atoms with Crippen molar-refractivity contribution < 1.29 is 4.79 Å². The van der Waals surface area contributed by atoms with Crippen molar-refractivity contribution in [2.24, 2.45) is 5.92 Å². The number of nitrogens with one attached hydrogen (secondary N) is 2. The Bertz CT molecular complexity index is 463. The highest BCUT2D eigenvalue weighted by molar-refractivity contribution is 6.33. The van der Waals surface area contributed by atoms with Crippen LogP contribution in [0.15, 0.2) is 18.2 Å². The Kier molecular flexibility index (Phi) is 7.54. The molecule has 0 aromatic heterocycles. The zero-order valence-electron chi connectivity index (χ0n) is 13.4. The quantitative estimate of drug-likeness (QED) is 0.776. The summed E-state index contributed by atoms with van der Waals surface area (Å²) in [7, 11) is 1.65. The van der Waals surface area contributed by atoms with E-state index in [0.29, 0.717) is 17.5 Å². The maximum atomic E-state index is 11.7. The zero-order chi connectivity index (χ0) is 15.8. The summed E-state index contributed by atoms with van der Waals surface area (Å²) in [6, 6.07) is 5.88. The van der Waals surface area contributed by atoms with E-state index >= 15 is 0 Å². The van der Waals surface area contributed by atoms with E-state index in [9.17, 15) is 4.79 Å². The van der Waals surface area contributed by atoms with Crippen LogP contribution in [0.25, 0.3) is 0 Å². The van der Waals surface area contributed by atoms with E-state index in [1.807, 2.05) is 24.0 Å². The van der Waals surface area contributed by atoms with E-state index in [-0.39, 0.29) is 5.91 Å². The van der Waals surface area contributed by atoms with Crippen molar-refractivity contribution in [1.82, 2.24) is 10.6 Å².